The highest BCUT2D eigenvalue weighted by molar-refractivity contribution is 5.78. The number of carbonyl (C=O) groups excluding carboxylic acids is 1. The number of carbonyl (C=O) groups is 1. The molecule has 1 amide bonds. The lowest BCUT2D eigenvalue weighted by Gasteiger charge is -2.20. The molecule has 2 unspecified atom stereocenters. The molecule has 2 rings (SSSR count). The lowest BCUT2D eigenvalue weighted by molar-refractivity contribution is -0.125. The van der Waals surface area contributed by atoms with Gasteiger partial charge in [0.1, 0.15) is 0 Å². The fraction of sp³-hybridized carbons (Fsp3) is 0.632. The topological polar surface area (TPSA) is 58.4 Å². The summed E-state index contributed by atoms with van der Waals surface area (Å²) in [5.74, 6) is -0.131. The summed E-state index contributed by atoms with van der Waals surface area (Å²) in [6.45, 7) is 7.73. The summed E-state index contributed by atoms with van der Waals surface area (Å²) >= 11 is 0. The van der Waals surface area contributed by atoms with Crippen LogP contribution in [0.25, 0.3) is 0 Å². The van der Waals surface area contributed by atoms with E-state index in [1.807, 2.05) is 13.8 Å². The number of likely N-dealkylation sites (tertiary alicyclic amines) is 1. The Labute approximate surface area is 140 Å². The summed E-state index contributed by atoms with van der Waals surface area (Å²) in [4.78, 5) is 14.5. The second-order valence-electron chi connectivity index (χ2n) is 6.88. The second-order valence-corrected chi connectivity index (χ2v) is 6.88. The number of nitrogens with one attached hydrogen (secondary N) is 1. The molecule has 1 aromatic rings. The zero-order chi connectivity index (χ0) is 16.7. The third-order valence-electron chi connectivity index (χ3n) is 4.77. The van der Waals surface area contributed by atoms with Crippen molar-refractivity contribution < 1.29 is 4.79 Å². The number of hydrogen-bond acceptors (Lipinski definition) is 3. The monoisotopic (exact) mass is 317 g/mol. The molecule has 0 bridgehead atoms. The van der Waals surface area contributed by atoms with Crippen LogP contribution in [-0.2, 0) is 17.9 Å². The van der Waals surface area contributed by atoms with Gasteiger partial charge in [0.2, 0.25) is 5.91 Å². The van der Waals surface area contributed by atoms with E-state index in [1.54, 1.807) is 0 Å². The lowest BCUT2D eigenvalue weighted by atomic mass is 10.0. The van der Waals surface area contributed by atoms with Gasteiger partial charge in [-0.05, 0) is 44.0 Å². The minimum atomic E-state index is -0.157. The lowest BCUT2D eigenvalue weighted by Crippen LogP contribution is -2.38. The number of nitrogens with two attached hydrogens (primary N) is 1. The molecule has 0 aliphatic carbocycles. The molecule has 0 aromatic heterocycles. The van der Waals surface area contributed by atoms with Gasteiger partial charge >= 0.3 is 0 Å². The average molecular weight is 317 g/mol. The fourth-order valence-corrected chi connectivity index (χ4v) is 2.98. The van der Waals surface area contributed by atoms with Crippen LogP contribution in [-0.4, -0.2) is 29.9 Å². The van der Waals surface area contributed by atoms with Gasteiger partial charge in [-0.15, -0.1) is 0 Å². The van der Waals surface area contributed by atoms with Crippen LogP contribution in [0.2, 0.25) is 0 Å². The maximum Gasteiger partial charge on any atom is 0.224 e. The SMILES string of the molecule is CC(N)C(C)C(=O)NCc1cccc(CN2CCCCCC2)c1. The maximum atomic E-state index is 12.0. The van der Waals surface area contributed by atoms with Crippen LogP contribution < -0.4 is 11.1 Å². The zero-order valence-electron chi connectivity index (χ0n) is 14.6. The largest absolute Gasteiger partial charge is 0.352 e. The Balaban J connectivity index is 1.87. The van der Waals surface area contributed by atoms with Crippen molar-refractivity contribution in [2.45, 2.75) is 58.7 Å². The average Bonchev–Trinajstić information content (AvgIpc) is 2.81. The van der Waals surface area contributed by atoms with E-state index in [-0.39, 0.29) is 17.9 Å². The molecule has 0 spiro atoms. The van der Waals surface area contributed by atoms with E-state index in [9.17, 15) is 4.79 Å². The number of hydrogen-bond donors (Lipinski definition) is 2. The van der Waals surface area contributed by atoms with Crippen LogP contribution in [0.1, 0.15) is 50.7 Å². The van der Waals surface area contributed by atoms with E-state index in [2.05, 4.69) is 34.5 Å². The summed E-state index contributed by atoms with van der Waals surface area (Å²) < 4.78 is 0. The zero-order valence-corrected chi connectivity index (χ0v) is 14.6. The van der Waals surface area contributed by atoms with Crippen molar-refractivity contribution in [3.8, 4) is 0 Å². The smallest absolute Gasteiger partial charge is 0.224 e. The van der Waals surface area contributed by atoms with Crippen LogP contribution in [0, 0.1) is 5.92 Å². The molecule has 4 heteroatoms. The standard InChI is InChI=1S/C19H31N3O/c1-15(16(2)20)19(23)21-13-17-8-7-9-18(12-17)14-22-10-5-3-4-6-11-22/h7-9,12,15-16H,3-6,10-11,13-14,20H2,1-2H3,(H,21,23). The van der Waals surface area contributed by atoms with Gasteiger partial charge in [-0.3, -0.25) is 9.69 Å². The summed E-state index contributed by atoms with van der Waals surface area (Å²) in [6.07, 6.45) is 5.34. The number of amides is 1. The fourth-order valence-electron chi connectivity index (χ4n) is 2.98. The Kier molecular flexibility index (Phi) is 7.06. The van der Waals surface area contributed by atoms with E-state index >= 15 is 0 Å². The Morgan fingerprint density at radius 2 is 1.83 bits per heavy atom. The van der Waals surface area contributed by atoms with Crippen LogP contribution in [0.4, 0.5) is 0 Å². The van der Waals surface area contributed by atoms with Gasteiger partial charge in [-0.2, -0.15) is 0 Å². The normalized spacial score (nSPS) is 18.9. The van der Waals surface area contributed by atoms with Gasteiger partial charge in [-0.25, -0.2) is 0 Å². The van der Waals surface area contributed by atoms with Crippen molar-refractivity contribution >= 4 is 5.91 Å². The summed E-state index contributed by atoms with van der Waals surface area (Å²) in [6, 6.07) is 8.43. The Morgan fingerprint density at radius 1 is 1.17 bits per heavy atom. The molecule has 1 saturated heterocycles. The van der Waals surface area contributed by atoms with Gasteiger partial charge in [0.15, 0.2) is 0 Å². The third-order valence-corrected chi connectivity index (χ3v) is 4.77. The minimum Gasteiger partial charge on any atom is -0.352 e. The van der Waals surface area contributed by atoms with Crippen molar-refractivity contribution in [1.29, 1.82) is 0 Å². The molecule has 128 valence electrons. The van der Waals surface area contributed by atoms with Crippen molar-refractivity contribution in [1.82, 2.24) is 10.2 Å². The molecule has 2 atom stereocenters. The molecule has 3 N–H and O–H groups in total. The predicted molar refractivity (Wildman–Crippen MR) is 94.8 cm³/mol. The van der Waals surface area contributed by atoms with Crippen LogP contribution in [0.15, 0.2) is 24.3 Å². The van der Waals surface area contributed by atoms with Gasteiger partial charge < -0.3 is 11.1 Å². The molecule has 0 radical (unpaired) electrons. The van der Waals surface area contributed by atoms with Crippen molar-refractivity contribution in [3.63, 3.8) is 0 Å². The predicted octanol–water partition coefficient (Wildman–Crippen LogP) is 2.66. The van der Waals surface area contributed by atoms with Crippen LogP contribution in [0.3, 0.4) is 0 Å². The number of nitrogens with zero attached hydrogens (tertiary/aromatic N) is 1. The first-order valence-corrected chi connectivity index (χ1v) is 8.89. The number of rotatable bonds is 6. The molecule has 1 aliphatic rings. The molecule has 0 saturated carbocycles. The third kappa shape index (κ3) is 5.96. The van der Waals surface area contributed by atoms with Gasteiger partial charge in [0, 0.05) is 25.0 Å². The Morgan fingerprint density at radius 3 is 2.48 bits per heavy atom. The number of benzene rings is 1. The molecule has 4 nitrogen and oxygen atoms in total. The van der Waals surface area contributed by atoms with Gasteiger partial charge in [0.25, 0.3) is 0 Å². The van der Waals surface area contributed by atoms with Crippen molar-refractivity contribution in [2.75, 3.05) is 13.1 Å². The molecule has 1 heterocycles. The van der Waals surface area contributed by atoms with E-state index in [0.29, 0.717) is 6.54 Å². The molecular formula is C19H31N3O. The van der Waals surface area contributed by atoms with Crippen LogP contribution >= 0.6 is 0 Å². The highest BCUT2D eigenvalue weighted by Gasteiger charge is 2.16. The first-order chi connectivity index (χ1) is 11.1. The Hall–Kier alpha value is -1.39. The van der Waals surface area contributed by atoms with E-state index in [0.717, 1.165) is 12.1 Å². The first-order valence-electron chi connectivity index (χ1n) is 8.89. The highest BCUT2D eigenvalue weighted by Crippen LogP contribution is 2.14. The molecular weight excluding hydrogens is 286 g/mol. The summed E-state index contributed by atoms with van der Waals surface area (Å²) in [7, 11) is 0. The van der Waals surface area contributed by atoms with E-state index in [1.165, 1.54) is 44.3 Å². The molecule has 1 aliphatic heterocycles. The van der Waals surface area contributed by atoms with Gasteiger partial charge in [-0.1, -0.05) is 44.0 Å². The highest BCUT2D eigenvalue weighted by atomic mass is 16.1. The summed E-state index contributed by atoms with van der Waals surface area (Å²) in [5.41, 5.74) is 8.27. The van der Waals surface area contributed by atoms with Gasteiger partial charge in [0.05, 0.1) is 0 Å². The van der Waals surface area contributed by atoms with Crippen molar-refractivity contribution in [2.24, 2.45) is 11.7 Å². The molecule has 1 aromatic carbocycles. The minimum absolute atomic E-state index is 0.0259. The quantitative estimate of drug-likeness (QED) is 0.848. The Bertz CT molecular complexity index is 493. The summed E-state index contributed by atoms with van der Waals surface area (Å²) in [5, 5.41) is 2.99. The molecule has 23 heavy (non-hydrogen) atoms. The van der Waals surface area contributed by atoms with Crippen LogP contribution in [0.5, 0.6) is 0 Å². The van der Waals surface area contributed by atoms with E-state index in [4.69, 9.17) is 5.73 Å². The molecule has 1 fully saturated rings. The first kappa shape index (κ1) is 18.0. The second kappa shape index (κ2) is 9.04. The maximum absolute atomic E-state index is 12.0. The van der Waals surface area contributed by atoms with E-state index < -0.39 is 0 Å². The van der Waals surface area contributed by atoms with Crippen molar-refractivity contribution in [3.05, 3.63) is 35.4 Å².